The molecule has 0 aliphatic rings. The monoisotopic (exact) mass is 301 g/mol. The highest BCUT2D eigenvalue weighted by Crippen LogP contribution is 2.16. The molecule has 0 atom stereocenters. The third kappa shape index (κ3) is 3.03. The topological polar surface area (TPSA) is 64.0 Å². The van der Waals surface area contributed by atoms with Crippen molar-refractivity contribution in [3.63, 3.8) is 0 Å². The average Bonchev–Trinajstić information content (AvgIpc) is 2.47. The van der Waals surface area contributed by atoms with Crippen molar-refractivity contribution in [2.75, 3.05) is 0 Å². The molecule has 118 valence electrons. The first-order chi connectivity index (χ1) is 10.3. The lowest BCUT2D eigenvalue weighted by molar-refractivity contribution is 0.0905. The van der Waals surface area contributed by atoms with E-state index >= 15 is 0 Å². The maximum atomic E-state index is 12.6. The van der Waals surface area contributed by atoms with Gasteiger partial charge in [0.25, 0.3) is 11.5 Å². The van der Waals surface area contributed by atoms with Crippen LogP contribution in [0.5, 0.6) is 0 Å². The van der Waals surface area contributed by atoms with Gasteiger partial charge in [-0.25, -0.2) is 4.68 Å². The molecule has 0 aliphatic carbocycles. The zero-order valence-electron chi connectivity index (χ0n) is 13.8. The number of amides is 1. The molecule has 22 heavy (non-hydrogen) atoms. The van der Waals surface area contributed by atoms with Gasteiger partial charge in [0.15, 0.2) is 5.69 Å². The van der Waals surface area contributed by atoms with E-state index in [-0.39, 0.29) is 23.0 Å². The van der Waals surface area contributed by atoms with Gasteiger partial charge in [0, 0.05) is 10.9 Å². The smallest absolute Gasteiger partial charge is 0.274 e. The minimum atomic E-state index is -0.321. The number of benzene rings is 1. The Morgan fingerprint density at radius 2 is 1.86 bits per heavy atom. The molecule has 1 aromatic carbocycles. The van der Waals surface area contributed by atoms with Crippen LogP contribution >= 0.6 is 0 Å². The molecule has 5 nitrogen and oxygen atoms in total. The highest BCUT2D eigenvalue weighted by Gasteiger charge is 2.23. The van der Waals surface area contributed by atoms with Crippen molar-refractivity contribution in [2.45, 2.75) is 52.6 Å². The SMILES string of the molecule is CCC(C)(C)NC(=O)c1nn(C(C)C)c(=O)c2ccccc12. The summed E-state index contributed by atoms with van der Waals surface area (Å²) in [4.78, 5) is 25.1. The molecule has 5 heteroatoms. The summed E-state index contributed by atoms with van der Waals surface area (Å²) >= 11 is 0. The molecule has 2 rings (SSSR count). The molecular weight excluding hydrogens is 278 g/mol. The van der Waals surface area contributed by atoms with Crippen LogP contribution in [0.2, 0.25) is 0 Å². The van der Waals surface area contributed by atoms with E-state index in [0.717, 1.165) is 6.42 Å². The molecule has 0 saturated heterocycles. The maximum Gasteiger partial charge on any atom is 0.274 e. The Labute approximate surface area is 130 Å². The molecule has 1 aromatic heterocycles. The van der Waals surface area contributed by atoms with Crippen LogP contribution in [0.4, 0.5) is 0 Å². The summed E-state index contributed by atoms with van der Waals surface area (Å²) in [5.74, 6) is -0.252. The van der Waals surface area contributed by atoms with Crippen molar-refractivity contribution in [1.29, 1.82) is 0 Å². The first-order valence-corrected chi connectivity index (χ1v) is 7.61. The molecule has 0 aliphatic heterocycles. The molecule has 0 fully saturated rings. The number of carbonyl (C=O) groups excluding carboxylic acids is 1. The minimum Gasteiger partial charge on any atom is -0.346 e. The first kappa shape index (κ1) is 16.2. The van der Waals surface area contributed by atoms with Crippen molar-refractivity contribution in [1.82, 2.24) is 15.1 Å². The van der Waals surface area contributed by atoms with Gasteiger partial charge in [0.05, 0.1) is 11.4 Å². The van der Waals surface area contributed by atoms with Crippen LogP contribution < -0.4 is 10.9 Å². The van der Waals surface area contributed by atoms with Crippen LogP contribution in [-0.4, -0.2) is 21.2 Å². The van der Waals surface area contributed by atoms with E-state index in [9.17, 15) is 9.59 Å². The van der Waals surface area contributed by atoms with Crippen LogP contribution in [0.1, 0.15) is 57.6 Å². The minimum absolute atomic E-state index is 0.108. The summed E-state index contributed by atoms with van der Waals surface area (Å²) in [6, 6.07) is 7.00. The fourth-order valence-corrected chi connectivity index (χ4v) is 2.18. The van der Waals surface area contributed by atoms with Gasteiger partial charge in [-0.05, 0) is 40.2 Å². The molecule has 0 bridgehead atoms. The van der Waals surface area contributed by atoms with Gasteiger partial charge in [-0.2, -0.15) is 5.10 Å². The Hall–Kier alpha value is -2.17. The van der Waals surface area contributed by atoms with Crippen molar-refractivity contribution >= 4 is 16.7 Å². The number of carbonyl (C=O) groups is 1. The van der Waals surface area contributed by atoms with Crippen LogP contribution in [0.15, 0.2) is 29.1 Å². The van der Waals surface area contributed by atoms with E-state index in [2.05, 4.69) is 10.4 Å². The molecule has 1 heterocycles. The summed E-state index contributed by atoms with van der Waals surface area (Å²) in [6.45, 7) is 9.69. The second kappa shape index (κ2) is 5.91. The lowest BCUT2D eigenvalue weighted by Gasteiger charge is -2.24. The number of fused-ring (bicyclic) bond motifs is 1. The summed E-state index contributed by atoms with van der Waals surface area (Å²) in [7, 11) is 0. The number of nitrogens with zero attached hydrogens (tertiary/aromatic N) is 2. The summed E-state index contributed by atoms with van der Waals surface area (Å²) < 4.78 is 1.37. The van der Waals surface area contributed by atoms with E-state index in [4.69, 9.17) is 0 Å². The predicted molar refractivity (Wildman–Crippen MR) is 88.2 cm³/mol. The van der Waals surface area contributed by atoms with Gasteiger partial charge in [0.1, 0.15) is 0 Å². The largest absolute Gasteiger partial charge is 0.346 e. The van der Waals surface area contributed by atoms with E-state index in [1.807, 2.05) is 40.7 Å². The van der Waals surface area contributed by atoms with Gasteiger partial charge in [-0.15, -0.1) is 0 Å². The Balaban J connectivity index is 2.65. The van der Waals surface area contributed by atoms with Crippen molar-refractivity contribution in [3.05, 3.63) is 40.3 Å². The quantitative estimate of drug-likeness (QED) is 0.944. The lowest BCUT2D eigenvalue weighted by Crippen LogP contribution is -2.44. The summed E-state index contributed by atoms with van der Waals surface area (Å²) in [5.41, 5.74) is -0.194. The van der Waals surface area contributed by atoms with Gasteiger partial charge in [-0.3, -0.25) is 9.59 Å². The van der Waals surface area contributed by atoms with Gasteiger partial charge < -0.3 is 5.32 Å². The number of hydrogen-bond acceptors (Lipinski definition) is 3. The summed E-state index contributed by atoms with van der Waals surface area (Å²) in [6.07, 6.45) is 0.806. The molecule has 0 spiro atoms. The fraction of sp³-hybridized carbons (Fsp3) is 0.471. The Kier molecular flexibility index (Phi) is 4.35. The maximum absolute atomic E-state index is 12.6. The second-order valence-corrected chi connectivity index (χ2v) is 6.43. The van der Waals surface area contributed by atoms with Crippen LogP contribution in [-0.2, 0) is 0 Å². The van der Waals surface area contributed by atoms with Crippen molar-refractivity contribution in [3.8, 4) is 0 Å². The van der Waals surface area contributed by atoms with E-state index in [1.165, 1.54) is 4.68 Å². The third-order valence-electron chi connectivity index (χ3n) is 3.87. The molecule has 1 N–H and O–H groups in total. The second-order valence-electron chi connectivity index (χ2n) is 6.43. The third-order valence-corrected chi connectivity index (χ3v) is 3.87. The van der Waals surface area contributed by atoms with E-state index in [0.29, 0.717) is 16.5 Å². The molecule has 0 saturated carbocycles. The van der Waals surface area contributed by atoms with Crippen LogP contribution in [0, 0.1) is 0 Å². The zero-order chi connectivity index (χ0) is 16.5. The highest BCUT2D eigenvalue weighted by atomic mass is 16.2. The number of nitrogens with one attached hydrogen (secondary N) is 1. The summed E-state index contributed by atoms with van der Waals surface area (Å²) in [5, 5.41) is 8.40. The predicted octanol–water partition coefficient (Wildman–Crippen LogP) is 2.90. The highest BCUT2D eigenvalue weighted by molar-refractivity contribution is 6.05. The molecule has 2 aromatic rings. The standard InChI is InChI=1S/C17H23N3O2/c1-6-17(4,5)18-15(21)14-12-9-7-8-10-13(12)16(22)20(19-14)11(2)3/h7-11H,6H2,1-5H3,(H,18,21). The number of aromatic nitrogens is 2. The Morgan fingerprint density at radius 1 is 1.27 bits per heavy atom. The number of hydrogen-bond donors (Lipinski definition) is 1. The number of rotatable bonds is 4. The average molecular weight is 301 g/mol. The molecular formula is C17H23N3O2. The molecule has 1 amide bonds. The van der Waals surface area contributed by atoms with Crippen molar-refractivity contribution in [2.24, 2.45) is 0 Å². The zero-order valence-corrected chi connectivity index (χ0v) is 13.8. The van der Waals surface area contributed by atoms with E-state index < -0.39 is 0 Å². The van der Waals surface area contributed by atoms with Crippen LogP contribution in [0.3, 0.4) is 0 Å². The first-order valence-electron chi connectivity index (χ1n) is 7.61. The lowest BCUT2D eigenvalue weighted by atomic mass is 10.0. The van der Waals surface area contributed by atoms with Crippen LogP contribution in [0.25, 0.3) is 10.8 Å². The molecule has 0 unspecified atom stereocenters. The normalized spacial score (nSPS) is 11.9. The van der Waals surface area contributed by atoms with Gasteiger partial charge in [0.2, 0.25) is 0 Å². The van der Waals surface area contributed by atoms with E-state index in [1.54, 1.807) is 18.2 Å². The molecule has 0 radical (unpaired) electrons. The Morgan fingerprint density at radius 3 is 2.41 bits per heavy atom. The fourth-order valence-electron chi connectivity index (χ4n) is 2.18. The van der Waals surface area contributed by atoms with Crippen molar-refractivity contribution < 1.29 is 4.79 Å². The van der Waals surface area contributed by atoms with Gasteiger partial charge in [-0.1, -0.05) is 25.1 Å². The Bertz CT molecular complexity index is 760. The van der Waals surface area contributed by atoms with Gasteiger partial charge >= 0.3 is 0 Å².